The fourth-order valence-electron chi connectivity index (χ4n) is 1.89. The van der Waals surface area contributed by atoms with Crippen LogP contribution in [0.3, 0.4) is 0 Å². The van der Waals surface area contributed by atoms with Crippen molar-refractivity contribution in [1.82, 2.24) is 5.43 Å². The fraction of sp³-hybridized carbons (Fsp3) is 0.538. The first-order chi connectivity index (χ1) is 8.72. The van der Waals surface area contributed by atoms with Crippen molar-refractivity contribution in [1.29, 1.82) is 0 Å². The second-order valence-corrected chi connectivity index (χ2v) is 4.47. The van der Waals surface area contributed by atoms with Gasteiger partial charge in [0, 0.05) is 5.56 Å². The van der Waals surface area contributed by atoms with E-state index in [1.807, 2.05) is 32.0 Å². The molecule has 1 aliphatic heterocycles. The Kier molecular flexibility index (Phi) is 4.41. The van der Waals surface area contributed by atoms with Crippen molar-refractivity contribution in [3.63, 3.8) is 0 Å². The fourth-order valence-corrected chi connectivity index (χ4v) is 1.89. The number of nitrogens with two attached hydrogens (primary N) is 1. The van der Waals surface area contributed by atoms with E-state index in [0.29, 0.717) is 19.8 Å². The van der Waals surface area contributed by atoms with Crippen LogP contribution in [0.25, 0.3) is 0 Å². The van der Waals surface area contributed by atoms with Gasteiger partial charge in [0.25, 0.3) is 0 Å². The lowest BCUT2D eigenvalue weighted by Crippen LogP contribution is -2.33. The van der Waals surface area contributed by atoms with Gasteiger partial charge in [-0.25, -0.2) is 0 Å². The van der Waals surface area contributed by atoms with Crippen LogP contribution in [0.5, 0.6) is 11.5 Å². The lowest BCUT2D eigenvalue weighted by Gasteiger charge is -2.25. The highest BCUT2D eigenvalue weighted by atomic mass is 16.6. The van der Waals surface area contributed by atoms with Crippen LogP contribution in [-0.2, 0) is 4.74 Å². The van der Waals surface area contributed by atoms with Gasteiger partial charge < -0.3 is 14.2 Å². The third-order valence-corrected chi connectivity index (χ3v) is 2.77. The molecule has 0 aliphatic carbocycles. The molecule has 3 N–H and O–H groups in total. The molecule has 1 aromatic carbocycles. The highest BCUT2D eigenvalue weighted by Gasteiger charge is 2.21. The van der Waals surface area contributed by atoms with E-state index in [2.05, 4.69) is 5.43 Å². The minimum Gasteiger partial charge on any atom is -0.486 e. The van der Waals surface area contributed by atoms with Gasteiger partial charge in [-0.3, -0.25) is 11.3 Å². The van der Waals surface area contributed by atoms with Crippen molar-refractivity contribution in [2.45, 2.75) is 26.0 Å². The normalized spacial score (nSPS) is 15.8. The standard InChI is InChI=1S/C13H20N2O3/c1-9(2)18-8-11(15-14)10-4-3-5-12-13(10)17-7-6-16-12/h3-5,9,11,15H,6-8,14H2,1-2H3. The molecule has 0 saturated heterocycles. The smallest absolute Gasteiger partial charge is 0.166 e. The molecule has 100 valence electrons. The molecule has 18 heavy (non-hydrogen) atoms. The topological polar surface area (TPSA) is 65.7 Å². The lowest BCUT2D eigenvalue weighted by atomic mass is 10.1. The number of hydrazine groups is 1. The maximum Gasteiger partial charge on any atom is 0.166 e. The summed E-state index contributed by atoms with van der Waals surface area (Å²) in [6.45, 7) is 5.63. The molecule has 1 unspecified atom stereocenters. The number of nitrogens with one attached hydrogen (secondary N) is 1. The number of fused-ring (bicyclic) bond motifs is 1. The second kappa shape index (κ2) is 6.04. The van der Waals surface area contributed by atoms with Gasteiger partial charge in [-0.1, -0.05) is 12.1 Å². The summed E-state index contributed by atoms with van der Waals surface area (Å²) >= 11 is 0. The van der Waals surface area contributed by atoms with Gasteiger partial charge >= 0.3 is 0 Å². The van der Waals surface area contributed by atoms with Crippen LogP contribution in [0.2, 0.25) is 0 Å². The number of hydrogen-bond acceptors (Lipinski definition) is 5. The van der Waals surface area contributed by atoms with E-state index in [9.17, 15) is 0 Å². The Labute approximate surface area is 107 Å². The van der Waals surface area contributed by atoms with Crippen LogP contribution < -0.4 is 20.7 Å². The number of ether oxygens (including phenoxy) is 3. The van der Waals surface area contributed by atoms with E-state index in [1.165, 1.54) is 0 Å². The van der Waals surface area contributed by atoms with Crippen molar-refractivity contribution in [2.75, 3.05) is 19.8 Å². The molecule has 2 rings (SSSR count). The number of hydrogen-bond donors (Lipinski definition) is 2. The van der Waals surface area contributed by atoms with Crippen LogP contribution in [0.4, 0.5) is 0 Å². The van der Waals surface area contributed by atoms with Gasteiger partial charge in [-0.05, 0) is 19.9 Å². The van der Waals surface area contributed by atoms with Crippen molar-refractivity contribution in [2.24, 2.45) is 5.84 Å². The van der Waals surface area contributed by atoms with Crippen molar-refractivity contribution >= 4 is 0 Å². The molecule has 5 heteroatoms. The Morgan fingerprint density at radius 1 is 1.33 bits per heavy atom. The van der Waals surface area contributed by atoms with Crippen LogP contribution in [0.15, 0.2) is 18.2 Å². The first-order valence-corrected chi connectivity index (χ1v) is 6.18. The quantitative estimate of drug-likeness (QED) is 0.612. The second-order valence-electron chi connectivity index (χ2n) is 4.47. The number of rotatable bonds is 5. The minimum absolute atomic E-state index is 0.107. The molecular weight excluding hydrogens is 232 g/mol. The molecule has 0 radical (unpaired) electrons. The molecular formula is C13H20N2O3. The van der Waals surface area contributed by atoms with Crippen LogP contribution in [0, 0.1) is 0 Å². The molecule has 1 heterocycles. The van der Waals surface area contributed by atoms with Gasteiger partial charge in [0.2, 0.25) is 0 Å². The summed E-state index contributed by atoms with van der Waals surface area (Å²) in [5.74, 6) is 7.13. The summed E-state index contributed by atoms with van der Waals surface area (Å²) in [7, 11) is 0. The van der Waals surface area contributed by atoms with Crippen LogP contribution in [-0.4, -0.2) is 25.9 Å². The van der Waals surface area contributed by atoms with Crippen molar-refractivity contribution in [3.8, 4) is 11.5 Å². The molecule has 1 aliphatic rings. The summed E-state index contributed by atoms with van der Waals surface area (Å²) in [5.41, 5.74) is 3.73. The summed E-state index contributed by atoms with van der Waals surface area (Å²) in [6, 6.07) is 5.70. The first-order valence-electron chi connectivity index (χ1n) is 6.18. The molecule has 1 aromatic rings. The summed E-state index contributed by atoms with van der Waals surface area (Å²) in [6.07, 6.45) is 0.164. The van der Waals surface area contributed by atoms with Crippen molar-refractivity contribution in [3.05, 3.63) is 23.8 Å². The SMILES string of the molecule is CC(C)OCC(NN)c1cccc2c1OCCO2. The highest BCUT2D eigenvalue weighted by molar-refractivity contribution is 5.48. The molecule has 1 atom stereocenters. The largest absolute Gasteiger partial charge is 0.486 e. The zero-order valence-electron chi connectivity index (χ0n) is 10.8. The molecule has 0 saturated carbocycles. The summed E-state index contributed by atoms with van der Waals surface area (Å²) < 4.78 is 16.8. The Bertz CT molecular complexity index is 396. The number of para-hydroxylation sites is 1. The van der Waals surface area contributed by atoms with Crippen LogP contribution >= 0.6 is 0 Å². The van der Waals surface area contributed by atoms with E-state index < -0.39 is 0 Å². The van der Waals surface area contributed by atoms with Crippen LogP contribution in [0.1, 0.15) is 25.5 Å². The van der Waals surface area contributed by atoms with E-state index >= 15 is 0 Å². The Morgan fingerprint density at radius 2 is 2.11 bits per heavy atom. The third-order valence-electron chi connectivity index (χ3n) is 2.77. The van der Waals surface area contributed by atoms with E-state index in [-0.39, 0.29) is 12.1 Å². The van der Waals surface area contributed by atoms with E-state index in [1.54, 1.807) is 0 Å². The molecule has 0 spiro atoms. The predicted octanol–water partition coefficient (Wildman–Crippen LogP) is 1.39. The average molecular weight is 252 g/mol. The van der Waals surface area contributed by atoms with Gasteiger partial charge in [-0.2, -0.15) is 0 Å². The average Bonchev–Trinajstić information content (AvgIpc) is 2.39. The molecule has 0 amide bonds. The predicted molar refractivity (Wildman–Crippen MR) is 68.6 cm³/mol. The Morgan fingerprint density at radius 3 is 2.83 bits per heavy atom. The minimum atomic E-state index is -0.107. The summed E-state index contributed by atoms with van der Waals surface area (Å²) in [5, 5.41) is 0. The van der Waals surface area contributed by atoms with Crippen molar-refractivity contribution < 1.29 is 14.2 Å². The lowest BCUT2D eigenvalue weighted by molar-refractivity contribution is 0.0598. The monoisotopic (exact) mass is 252 g/mol. The zero-order valence-corrected chi connectivity index (χ0v) is 10.8. The van der Waals surface area contributed by atoms with E-state index in [0.717, 1.165) is 17.1 Å². The van der Waals surface area contributed by atoms with Gasteiger partial charge in [0.05, 0.1) is 18.8 Å². The maximum absolute atomic E-state index is 5.67. The Balaban J connectivity index is 2.19. The molecule has 0 fully saturated rings. The zero-order chi connectivity index (χ0) is 13.0. The summed E-state index contributed by atoms with van der Waals surface area (Å²) in [4.78, 5) is 0. The number of benzene rings is 1. The van der Waals surface area contributed by atoms with Gasteiger partial charge in [-0.15, -0.1) is 0 Å². The highest BCUT2D eigenvalue weighted by Crippen LogP contribution is 2.36. The maximum atomic E-state index is 5.67. The molecule has 0 aromatic heterocycles. The molecule has 5 nitrogen and oxygen atoms in total. The third kappa shape index (κ3) is 2.93. The Hall–Kier alpha value is -1.30. The van der Waals surface area contributed by atoms with E-state index in [4.69, 9.17) is 20.1 Å². The first kappa shape index (κ1) is 13.1. The van der Waals surface area contributed by atoms with Gasteiger partial charge in [0.15, 0.2) is 11.5 Å². The van der Waals surface area contributed by atoms with Gasteiger partial charge in [0.1, 0.15) is 13.2 Å². The molecule has 0 bridgehead atoms.